The standard InChI is InChI=1S/C10H13ClN2.ClH/c1-13-6-2-3-9(13)8-4-5-10(11)12-7-8;/h4-5,7,9H,2-3,6H2,1H3;1H. The molecule has 78 valence electrons. The molecule has 1 aromatic rings. The lowest BCUT2D eigenvalue weighted by Crippen LogP contribution is -2.17. The van der Waals surface area contributed by atoms with E-state index in [1.54, 1.807) is 0 Å². The maximum absolute atomic E-state index is 5.73. The van der Waals surface area contributed by atoms with Crippen LogP contribution in [0.2, 0.25) is 5.15 Å². The maximum Gasteiger partial charge on any atom is 0.129 e. The molecule has 0 spiro atoms. The van der Waals surface area contributed by atoms with Gasteiger partial charge < -0.3 is 0 Å². The molecule has 1 saturated heterocycles. The van der Waals surface area contributed by atoms with Crippen molar-refractivity contribution in [1.29, 1.82) is 0 Å². The van der Waals surface area contributed by atoms with Crippen LogP contribution in [-0.2, 0) is 0 Å². The van der Waals surface area contributed by atoms with Crippen molar-refractivity contribution >= 4 is 24.0 Å². The number of halogens is 2. The Kier molecular flexibility index (Phi) is 4.17. The Morgan fingerprint density at radius 1 is 1.50 bits per heavy atom. The van der Waals surface area contributed by atoms with Gasteiger partial charge in [-0.15, -0.1) is 12.4 Å². The van der Waals surface area contributed by atoms with Gasteiger partial charge in [0.25, 0.3) is 0 Å². The molecule has 14 heavy (non-hydrogen) atoms. The zero-order valence-corrected chi connectivity index (χ0v) is 9.68. The topological polar surface area (TPSA) is 16.1 Å². The Morgan fingerprint density at radius 2 is 2.29 bits per heavy atom. The molecular weight excluding hydrogens is 219 g/mol. The summed E-state index contributed by atoms with van der Waals surface area (Å²) < 4.78 is 0. The molecule has 0 aliphatic carbocycles. The van der Waals surface area contributed by atoms with Crippen molar-refractivity contribution in [2.45, 2.75) is 18.9 Å². The van der Waals surface area contributed by atoms with Gasteiger partial charge in [0.15, 0.2) is 0 Å². The molecule has 1 unspecified atom stereocenters. The fraction of sp³-hybridized carbons (Fsp3) is 0.500. The Bertz CT molecular complexity index is 287. The summed E-state index contributed by atoms with van der Waals surface area (Å²) in [6.07, 6.45) is 4.40. The van der Waals surface area contributed by atoms with Gasteiger partial charge in [-0.25, -0.2) is 4.98 Å². The van der Waals surface area contributed by atoms with Crippen molar-refractivity contribution in [1.82, 2.24) is 9.88 Å². The molecule has 0 N–H and O–H groups in total. The van der Waals surface area contributed by atoms with Gasteiger partial charge in [0.05, 0.1) is 0 Å². The third-order valence-corrected chi connectivity index (χ3v) is 2.88. The maximum atomic E-state index is 5.73. The average Bonchev–Trinajstić information content (AvgIpc) is 2.53. The number of nitrogens with zero attached hydrogens (tertiary/aromatic N) is 2. The highest BCUT2D eigenvalue weighted by atomic mass is 35.5. The monoisotopic (exact) mass is 232 g/mol. The lowest BCUT2D eigenvalue weighted by molar-refractivity contribution is 0.317. The van der Waals surface area contributed by atoms with Gasteiger partial charge >= 0.3 is 0 Å². The van der Waals surface area contributed by atoms with Crippen LogP contribution in [-0.4, -0.2) is 23.5 Å². The molecule has 2 rings (SSSR count). The van der Waals surface area contributed by atoms with E-state index in [0.29, 0.717) is 11.2 Å². The first-order valence-corrected chi connectivity index (χ1v) is 4.97. The van der Waals surface area contributed by atoms with Gasteiger partial charge in [0.1, 0.15) is 5.15 Å². The molecule has 0 bridgehead atoms. The molecule has 0 amide bonds. The Hall–Kier alpha value is -0.310. The van der Waals surface area contributed by atoms with Gasteiger partial charge in [-0.2, -0.15) is 0 Å². The second-order valence-corrected chi connectivity index (χ2v) is 3.94. The molecule has 1 fully saturated rings. The van der Waals surface area contributed by atoms with E-state index in [9.17, 15) is 0 Å². The van der Waals surface area contributed by atoms with Gasteiger partial charge in [-0.3, -0.25) is 4.90 Å². The number of likely N-dealkylation sites (tertiary alicyclic amines) is 1. The lowest BCUT2D eigenvalue weighted by atomic mass is 10.1. The SMILES string of the molecule is CN1CCCC1c1ccc(Cl)nc1.Cl. The third-order valence-electron chi connectivity index (χ3n) is 2.66. The summed E-state index contributed by atoms with van der Waals surface area (Å²) in [6, 6.07) is 4.48. The summed E-state index contributed by atoms with van der Waals surface area (Å²) in [5.41, 5.74) is 1.28. The molecule has 4 heteroatoms. The van der Waals surface area contributed by atoms with Crippen molar-refractivity contribution in [3.8, 4) is 0 Å². The number of aromatic nitrogens is 1. The van der Waals surface area contributed by atoms with E-state index >= 15 is 0 Å². The summed E-state index contributed by atoms with van der Waals surface area (Å²) in [7, 11) is 2.16. The highest BCUT2D eigenvalue weighted by Gasteiger charge is 2.22. The number of rotatable bonds is 1. The second kappa shape index (κ2) is 4.96. The third kappa shape index (κ3) is 2.38. The highest BCUT2D eigenvalue weighted by Crippen LogP contribution is 2.29. The van der Waals surface area contributed by atoms with E-state index in [4.69, 9.17) is 11.6 Å². The van der Waals surface area contributed by atoms with Crippen molar-refractivity contribution in [2.24, 2.45) is 0 Å². The average molecular weight is 233 g/mol. The Morgan fingerprint density at radius 3 is 2.79 bits per heavy atom. The van der Waals surface area contributed by atoms with Gasteiger partial charge in [0, 0.05) is 12.2 Å². The highest BCUT2D eigenvalue weighted by molar-refractivity contribution is 6.29. The van der Waals surface area contributed by atoms with Crippen LogP contribution in [0.5, 0.6) is 0 Å². The Balaban J connectivity index is 0.000000980. The van der Waals surface area contributed by atoms with E-state index in [2.05, 4.69) is 23.0 Å². The summed E-state index contributed by atoms with van der Waals surface area (Å²) in [5, 5.41) is 0.574. The van der Waals surface area contributed by atoms with E-state index < -0.39 is 0 Å². The zero-order valence-electron chi connectivity index (χ0n) is 8.11. The first-order valence-electron chi connectivity index (χ1n) is 4.59. The van der Waals surface area contributed by atoms with Crippen LogP contribution in [0.3, 0.4) is 0 Å². The summed E-state index contributed by atoms with van der Waals surface area (Å²) in [5.74, 6) is 0. The lowest BCUT2D eigenvalue weighted by Gasteiger charge is -2.19. The molecule has 1 aliphatic rings. The minimum atomic E-state index is 0. The van der Waals surface area contributed by atoms with Crippen LogP contribution < -0.4 is 0 Å². The van der Waals surface area contributed by atoms with E-state index in [0.717, 1.165) is 0 Å². The summed E-state index contributed by atoms with van der Waals surface area (Å²) in [4.78, 5) is 6.46. The van der Waals surface area contributed by atoms with E-state index in [1.165, 1.54) is 24.9 Å². The predicted molar refractivity (Wildman–Crippen MR) is 61.1 cm³/mol. The largest absolute Gasteiger partial charge is 0.299 e. The van der Waals surface area contributed by atoms with Crippen LogP contribution in [0.4, 0.5) is 0 Å². The van der Waals surface area contributed by atoms with Gasteiger partial charge in [-0.05, 0) is 38.1 Å². The molecule has 1 atom stereocenters. The predicted octanol–water partition coefficient (Wildman–Crippen LogP) is 2.92. The smallest absolute Gasteiger partial charge is 0.129 e. The quantitative estimate of drug-likeness (QED) is 0.693. The minimum absolute atomic E-state index is 0. The van der Waals surface area contributed by atoms with Crippen molar-refractivity contribution in [3.05, 3.63) is 29.0 Å². The fourth-order valence-corrected chi connectivity index (χ4v) is 2.03. The van der Waals surface area contributed by atoms with Crippen LogP contribution in [0.1, 0.15) is 24.4 Å². The molecule has 0 radical (unpaired) electrons. The van der Waals surface area contributed by atoms with Crippen LogP contribution in [0, 0.1) is 0 Å². The molecule has 0 aromatic carbocycles. The van der Waals surface area contributed by atoms with Crippen LogP contribution in [0.15, 0.2) is 18.3 Å². The molecule has 0 saturated carbocycles. The zero-order chi connectivity index (χ0) is 9.26. The second-order valence-electron chi connectivity index (χ2n) is 3.55. The number of pyridine rings is 1. The first-order chi connectivity index (χ1) is 6.27. The number of hydrogen-bond acceptors (Lipinski definition) is 2. The fourth-order valence-electron chi connectivity index (χ4n) is 1.92. The van der Waals surface area contributed by atoms with Gasteiger partial charge in [0.2, 0.25) is 0 Å². The molecule has 1 aromatic heterocycles. The van der Waals surface area contributed by atoms with Crippen LogP contribution in [0.25, 0.3) is 0 Å². The normalized spacial score (nSPS) is 22.0. The molecule has 2 heterocycles. The Labute approximate surface area is 95.7 Å². The van der Waals surface area contributed by atoms with Crippen molar-refractivity contribution in [2.75, 3.05) is 13.6 Å². The van der Waals surface area contributed by atoms with Crippen LogP contribution >= 0.6 is 24.0 Å². The number of hydrogen-bond donors (Lipinski definition) is 0. The molecular formula is C10H14Cl2N2. The minimum Gasteiger partial charge on any atom is -0.299 e. The van der Waals surface area contributed by atoms with Crippen molar-refractivity contribution < 1.29 is 0 Å². The van der Waals surface area contributed by atoms with Crippen molar-refractivity contribution in [3.63, 3.8) is 0 Å². The molecule has 1 aliphatic heterocycles. The summed E-state index contributed by atoms with van der Waals surface area (Å²) >= 11 is 5.73. The van der Waals surface area contributed by atoms with E-state index in [-0.39, 0.29) is 12.4 Å². The summed E-state index contributed by atoms with van der Waals surface area (Å²) in [6.45, 7) is 1.19. The van der Waals surface area contributed by atoms with E-state index in [1.807, 2.05) is 12.3 Å². The first kappa shape index (κ1) is 11.8. The van der Waals surface area contributed by atoms with Gasteiger partial charge in [-0.1, -0.05) is 17.7 Å². The molecule has 2 nitrogen and oxygen atoms in total.